The van der Waals surface area contributed by atoms with Crippen molar-refractivity contribution in [3.8, 4) is 11.3 Å². The van der Waals surface area contributed by atoms with E-state index in [0.29, 0.717) is 27.3 Å². The first kappa shape index (κ1) is 27.2. The Labute approximate surface area is 229 Å². The summed E-state index contributed by atoms with van der Waals surface area (Å²) in [4.78, 5) is 38.9. The molecule has 1 fully saturated rings. The van der Waals surface area contributed by atoms with Crippen molar-refractivity contribution in [2.45, 2.75) is 39.7 Å². The van der Waals surface area contributed by atoms with E-state index in [1.807, 2.05) is 30.3 Å². The molecule has 3 aromatic rings. The molecule has 2 aromatic carbocycles. The van der Waals surface area contributed by atoms with E-state index >= 15 is 0 Å². The highest BCUT2D eigenvalue weighted by Crippen LogP contribution is 2.34. The largest absolute Gasteiger partial charge is 0.511 e. The van der Waals surface area contributed by atoms with Crippen LogP contribution in [-0.4, -0.2) is 39.6 Å². The summed E-state index contributed by atoms with van der Waals surface area (Å²) in [6, 6.07) is 19.8. The van der Waals surface area contributed by atoms with Gasteiger partial charge in [0, 0.05) is 18.6 Å². The van der Waals surface area contributed by atoms with Crippen LogP contribution in [0.2, 0.25) is 0 Å². The van der Waals surface area contributed by atoms with Gasteiger partial charge < -0.3 is 18.6 Å². The molecular formula is C28H25NO7S2. The molecule has 2 heterocycles. The molecule has 0 spiro atoms. The zero-order chi connectivity index (χ0) is 27.2. The number of amides is 1. The van der Waals surface area contributed by atoms with E-state index in [1.165, 1.54) is 18.7 Å². The zero-order valence-corrected chi connectivity index (χ0v) is 22.5. The maximum Gasteiger partial charge on any atom is 0.511 e. The van der Waals surface area contributed by atoms with E-state index in [0.717, 1.165) is 11.1 Å². The number of thioether (sulfide) groups is 1. The molecule has 8 nitrogen and oxygen atoms in total. The van der Waals surface area contributed by atoms with Gasteiger partial charge >= 0.3 is 12.1 Å². The summed E-state index contributed by atoms with van der Waals surface area (Å²) in [6.07, 6.45) is -0.699. The predicted molar refractivity (Wildman–Crippen MR) is 147 cm³/mol. The highest BCUT2D eigenvalue weighted by Gasteiger charge is 2.32. The van der Waals surface area contributed by atoms with Gasteiger partial charge in [0.25, 0.3) is 5.91 Å². The van der Waals surface area contributed by atoms with Crippen molar-refractivity contribution in [3.05, 3.63) is 88.5 Å². The lowest BCUT2D eigenvalue weighted by Crippen LogP contribution is -2.27. The molecule has 4 rings (SSSR count). The average molecular weight is 552 g/mol. The van der Waals surface area contributed by atoms with Crippen LogP contribution in [0.3, 0.4) is 0 Å². The minimum absolute atomic E-state index is 0.166. The normalized spacial score (nSPS) is 15.2. The van der Waals surface area contributed by atoms with Crippen molar-refractivity contribution in [1.82, 2.24) is 4.90 Å². The van der Waals surface area contributed by atoms with Gasteiger partial charge in [-0.25, -0.2) is 9.59 Å². The maximum atomic E-state index is 12.9. The molecule has 0 bridgehead atoms. The number of rotatable bonds is 8. The van der Waals surface area contributed by atoms with Crippen molar-refractivity contribution in [1.29, 1.82) is 0 Å². The average Bonchev–Trinajstić information content (AvgIpc) is 3.44. The van der Waals surface area contributed by atoms with Crippen LogP contribution in [-0.2, 0) is 25.5 Å². The molecule has 38 heavy (non-hydrogen) atoms. The fraction of sp³-hybridized carbons (Fsp3) is 0.214. The SMILES string of the molecule is CC(C)OC(=O)OC(C)OC(=O)c1ccc(-c2ccc(/C=C3/SC(=S)N(Cc4ccccc4)C3=O)o2)cc1. The fourth-order valence-electron chi connectivity index (χ4n) is 3.49. The summed E-state index contributed by atoms with van der Waals surface area (Å²) in [7, 11) is 0. The number of benzene rings is 2. The van der Waals surface area contributed by atoms with Crippen LogP contribution < -0.4 is 0 Å². The summed E-state index contributed by atoms with van der Waals surface area (Å²) in [5.74, 6) is 0.242. The van der Waals surface area contributed by atoms with Crippen molar-refractivity contribution in [2.75, 3.05) is 0 Å². The lowest BCUT2D eigenvalue weighted by molar-refractivity contribution is -0.122. The van der Waals surface area contributed by atoms with E-state index in [-0.39, 0.29) is 17.6 Å². The van der Waals surface area contributed by atoms with Gasteiger partial charge in [-0.3, -0.25) is 9.69 Å². The van der Waals surface area contributed by atoms with Gasteiger partial charge in [-0.2, -0.15) is 0 Å². The Morgan fingerprint density at radius 3 is 2.37 bits per heavy atom. The second-order valence-corrected chi connectivity index (χ2v) is 10.2. The third-order valence-corrected chi connectivity index (χ3v) is 6.61. The minimum atomic E-state index is -1.11. The second kappa shape index (κ2) is 12.1. The Balaban J connectivity index is 1.38. The van der Waals surface area contributed by atoms with Crippen molar-refractivity contribution in [3.63, 3.8) is 0 Å². The smallest absolute Gasteiger partial charge is 0.457 e. The maximum absolute atomic E-state index is 12.9. The Hall–Kier alpha value is -3.89. The molecule has 1 aliphatic heterocycles. The zero-order valence-electron chi connectivity index (χ0n) is 20.9. The number of hydrogen-bond donors (Lipinski definition) is 0. The molecule has 0 saturated carbocycles. The lowest BCUT2D eigenvalue weighted by atomic mass is 10.1. The Morgan fingerprint density at radius 2 is 1.68 bits per heavy atom. The van der Waals surface area contributed by atoms with Crippen LogP contribution >= 0.6 is 24.0 Å². The number of furan rings is 1. The van der Waals surface area contributed by atoms with E-state index in [1.54, 1.807) is 61.2 Å². The van der Waals surface area contributed by atoms with Gasteiger partial charge in [0.05, 0.1) is 23.1 Å². The van der Waals surface area contributed by atoms with Crippen LogP contribution in [0.25, 0.3) is 17.4 Å². The van der Waals surface area contributed by atoms with Crippen molar-refractivity contribution < 1.29 is 33.0 Å². The number of carbonyl (C=O) groups excluding carboxylic acids is 3. The monoisotopic (exact) mass is 551 g/mol. The molecule has 0 aliphatic carbocycles. The standard InChI is InChI=1S/C28H25NO7S2/c1-17(2)33-28(32)35-18(3)34-26(31)21-11-9-20(10-12-21)23-14-13-22(36-23)15-24-25(30)29(27(37)38-24)16-19-7-5-4-6-8-19/h4-15,17-18H,16H2,1-3H3/b24-15+. The number of esters is 1. The minimum Gasteiger partial charge on any atom is -0.457 e. The van der Waals surface area contributed by atoms with Crippen LogP contribution in [0, 0.1) is 0 Å². The molecule has 1 atom stereocenters. The van der Waals surface area contributed by atoms with Crippen molar-refractivity contribution in [2.24, 2.45) is 0 Å². The highest BCUT2D eigenvalue weighted by atomic mass is 32.2. The van der Waals surface area contributed by atoms with Crippen molar-refractivity contribution >= 4 is 52.4 Å². The van der Waals surface area contributed by atoms with E-state index < -0.39 is 18.4 Å². The number of thiocarbonyl (C=S) groups is 1. The summed E-state index contributed by atoms with van der Waals surface area (Å²) in [6.45, 7) is 5.20. The quantitative estimate of drug-likeness (QED) is 0.136. The number of ether oxygens (including phenoxy) is 3. The van der Waals surface area contributed by atoms with Gasteiger partial charge in [-0.1, -0.05) is 66.4 Å². The van der Waals surface area contributed by atoms with Gasteiger partial charge in [0.2, 0.25) is 6.29 Å². The van der Waals surface area contributed by atoms with Crippen LogP contribution in [0.4, 0.5) is 4.79 Å². The summed E-state index contributed by atoms with van der Waals surface area (Å²) in [5, 5.41) is 0. The number of carbonyl (C=O) groups is 3. The van der Waals surface area contributed by atoms with Gasteiger partial charge in [0.1, 0.15) is 15.8 Å². The van der Waals surface area contributed by atoms with Crippen LogP contribution in [0.1, 0.15) is 42.5 Å². The number of nitrogens with zero attached hydrogens (tertiary/aromatic N) is 1. The molecule has 196 valence electrons. The highest BCUT2D eigenvalue weighted by molar-refractivity contribution is 8.26. The van der Waals surface area contributed by atoms with Gasteiger partial charge in [-0.05, 0) is 43.7 Å². The van der Waals surface area contributed by atoms with E-state index in [4.69, 9.17) is 30.8 Å². The molecule has 1 saturated heterocycles. The van der Waals surface area contributed by atoms with E-state index in [9.17, 15) is 14.4 Å². The molecule has 1 unspecified atom stereocenters. The Morgan fingerprint density at radius 1 is 0.974 bits per heavy atom. The first-order valence-corrected chi connectivity index (χ1v) is 13.0. The molecule has 1 aliphatic rings. The molecule has 1 amide bonds. The third-order valence-electron chi connectivity index (χ3n) is 5.23. The van der Waals surface area contributed by atoms with E-state index in [2.05, 4.69) is 0 Å². The fourth-order valence-corrected chi connectivity index (χ4v) is 4.72. The third kappa shape index (κ3) is 6.90. The lowest BCUT2D eigenvalue weighted by Gasteiger charge is -2.15. The summed E-state index contributed by atoms with van der Waals surface area (Å²) in [5.41, 5.74) is 1.99. The molecular weight excluding hydrogens is 526 g/mol. The van der Waals surface area contributed by atoms with Gasteiger partial charge in [0.15, 0.2) is 0 Å². The summed E-state index contributed by atoms with van der Waals surface area (Å²) < 4.78 is 21.3. The van der Waals surface area contributed by atoms with Crippen LogP contribution in [0.5, 0.6) is 0 Å². The first-order valence-electron chi connectivity index (χ1n) is 11.8. The van der Waals surface area contributed by atoms with Gasteiger partial charge in [-0.15, -0.1) is 0 Å². The summed E-state index contributed by atoms with van der Waals surface area (Å²) >= 11 is 6.65. The Bertz CT molecular complexity index is 1360. The predicted octanol–water partition coefficient (Wildman–Crippen LogP) is 6.41. The Kier molecular flexibility index (Phi) is 8.65. The first-order chi connectivity index (χ1) is 18.2. The topological polar surface area (TPSA) is 95.3 Å². The number of hydrogen-bond acceptors (Lipinski definition) is 9. The second-order valence-electron chi connectivity index (χ2n) is 8.54. The molecule has 1 aromatic heterocycles. The van der Waals surface area contributed by atoms with Crippen LogP contribution in [0.15, 0.2) is 76.1 Å². The molecule has 10 heteroatoms. The molecule has 0 N–H and O–H groups in total. The molecule has 0 radical (unpaired) electrons.